The van der Waals surface area contributed by atoms with E-state index in [-0.39, 0.29) is 18.4 Å². The van der Waals surface area contributed by atoms with Gasteiger partial charge < -0.3 is 10.6 Å². The molecule has 2 N–H and O–H groups in total. The summed E-state index contributed by atoms with van der Waals surface area (Å²) in [6.45, 7) is 1.75. The minimum atomic E-state index is -0.310. The van der Waals surface area contributed by atoms with Crippen LogP contribution in [0.4, 0.5) is 5.13 Å². The molecule has 3 rings (SSSR count). The highest BCUT2D eigenvalue weighted by Gasteiger charge is 2.12. The number of anilines is 1. The third-order valence-electron chi connectivity index (χ3n) is 3.94. The van der Waals surface area contributed by atoms with E-state index in [1.807, 2.05) is 55.0 Å². The Bertz CT molecular complexity index is 952. The summed E-state index contributed by atoms with van der Waals surface area (Å²) in [6, 6.07) is 15.4. The number of aromatic nitrogens is 1. The number of amides is 2. The van der Waals surface area contributed by atoms with Crippen LogP contribution in [0.25, 0.3) is 11.3 Å². The SMILES string of the molecule is CSc1ccc(-c2csc(NC(=O)CNC(=O)c3ccccc3C)n2)cc1. The lowest BCUT2D eigenvalue weighted by atomic mass is 10.1. The lowest BCUT2D eigenvalue weighted by Crippen LogP contribution is -2.33. The number of aryl methyl sites for hydroxylation is 1. The van der Waals surface area contributed by atoms with Crippen molar-refractivity contribution in [1.82, 2.24) is 10.3 Å². The first kappa shape index (κ1) is 19.1. The third kappa shape index (κ3) is 4.96. The Labute approximate surface area is 166 Å². The number of hydrogen-bond acceptors (Lipinski definition) is 5. The van der Waals surface area contributed by atoms with E-state index in [0.29, 0.717) is 10.7 Å². The second-order valence-corrected chi connectivity index (χ2v) is 7.55. The molecular formula is C20H19N3O2S2. The van der Waals surface area contributed by atoms with Crippen LogP contribution in [0.2, 0.25) is 0 Å². The van der Waals surface area contributed by atoms with E-state index in [4.69, 9.17) is 0 Å². The van der Waals surface area contributed by atoms with Crippen molar-refractivity contribution >= 4 is 40.0 Å². The molecule has 1 aromatic heterocycles. The molecule has 0 radical (unpaired) electrons. The van der Waals surface area contributed by atoms with Crippen LogP contribution in [-0.2, 0) is 4.79 Å². The molecule has 1 heterocycles. The number of rotatable bonds is 6. The largest absolute Gasteiger partial charge is 0.343 e. The van der Waals surface area contributed by atoms with Crippen LogP contribution >= 0.6 is 23.1 Å². The van der Waals surface area contributed by atoms with Gasteiger partial charge in [0.05, 0.1) is 12.2 Å². The third-order valence-corrected chi connectivity index (χ3v) is 5.44. The molecule has 0 spiro atoms. The fraction of sp³-hybridized carbons (Fsp3) is 0.150. The minimum Gasteiger partial charge on any atom is -0.343 e. The van der Waals surface area contributed by atoms with Crippen LogP contribution in [-0.4, -0.2) is 29.6 Å². The molecule has 7 heteroatoms. The Kier molecular flexibility index (Phi) is 6.26. The predicted octanol–water partition coefficient (Wildman–Crippen LogP) is 4.21. The van der Waals surface area contributed by atoms with Crippen molar-refractivity contribution in [1.29, 1.82) is 0 Å². The Morgan fingerprint density at radius 2 is 1.85 bits per heavy atom. The quantitative estimate of drug-likeness (QED) is 0.611. The first-order valence-electron chi connectivity index (χ1n) is 8.30. The summed E-state index contributed by atoms with van der Waals surface area (Å²) in [5, 5.41) is 7.77. The van der Waals surface area contributed by atoms with Gasteiger partial charge >= 0.3 is 0 Å². The number of carbonyl (C=O) groups is 2. The van der Waals surface area contributed by atoms with Gasteiger partial charge in [0, 0.05) is 21.4 Å². The monoisotopic (exact) mass is 397 g/mol. The van der Waals surface area contributed by atoms with E-state index in [0.717, 1.165) is 16.8 Å². The van der Waals surface area contributed by atoms with E-state index in [1.54, 1.807) is 23.9 Å². The maximum Gasteiger partial charge on any atom is 0.251 e. The summed E-state index contributed by atoms with van der Waals surface area (Å²) in [5.41, 5.74) is 3.24. The summed E-state index contributed by atoms with van der Waals surface area (Å²) in [7, 11) is 0. The van der Waals surface area contributed by atoms with Gasteiger partial charge in [-0.3, -0.25) is 9.59 Å². The topological polar surface area (TPSA) is 71.1 Å². The smallest absolute Gasteiger partial charge is 0.251 e. The second kappa shape index (κ2) is 8.83. The van der Waals surface area contributed by atoms with Gasteiger partial charge in [-0.1, -0.05) is 30.3 Å². The number of thioether (sulfide) groups is 1. The zero-order valence-corrected chi connectivity index (χ0v) is 16.6. The maximum atomic E-state index is 12.2. The molecular weight excluding hydrogens is 378 g/mol. The molecule has 0 aliphatic heterocycles. The molecule has 0 atom stereocenters. The van der Waals surface area contributed by atoms with E-state index in [1.165, 1.54) is 16.2 Å². The van der Waals surface area contributed by atoms with Crippen molar-refractivity contribution in [3.63, 3.8) is 0 Å². The van der Waals surface area contributed by atoms with Gasteiger partial charge in [0.1, 0.15) is 0 Å². The Morgan fingerprint density at radius 1 is 1.11 bits per heavy atom. The summed E-state index contributed by atoms with van der Waals surface area (Å²) >= 11 is 3.04. The van der Waals surface area contributed by atoms with Gasteiger partial charge in [-0.25, -0.2) is 4.98 Å². The molecule has 3 aromatic rings. The molecule has 0 bridgehead atoms. The van der Waals surface area contributed by atoms with Crippen molar-refractivity contribution in [2.45, 2.75) is 11.8 Å². The van der Waals surface area contributed by atoms with Crippen LogP contribution < -0.4 is 10.6 Å². The van der Waals surface area contributed by atoms with Crippen LogP contribution in [0.15, 0.2) is 58.8 Å². The molecule has 2 aromatic carbocycles. The highest BCUT2D eigenvalue weighted by molar-refractivity contribution is 7.98. The molecule has 138 valence electrons. The zero-order valence-electron chi connectivity index (χ0n) is 15.0. The first-order valence-corrected chi connectivity index (χ1v) is 10.4. The second-order valence-electron chi connectivity index (χ2n) is 5.81. The van der Waals surface area contributed by atoms with E-state index in [2.05, 4.69) is 15.6 Å². The molecule has 0 fully saturated rings. The maximum absolute atomic E-state index is 12.2. The highest BCUT2D eigenvalue weighted by Crippen LogP contribution is 2.26. The zero-order chi connectivity index (χ0) is 19.2. The normalized spacial score (nSPS) is 10.4. The number of thiazole rings is 1. The van der Waals surface area contributed by atoms with Gasteiger partial charge in [0.25, 0.3) is 5.91 Å². The molecule has 2 amide bonds. The lowest BCUT2D eigenvalue weighted by Gasteiger charge is -2.07. The van der Waals surface area contributed by atoms with E-state index in [9.17, 15) is 9.59 Å². The van der Waals surface area contributed by atoms with Crippen LogP contribution in [0.5, 0.6) is 0 Å². The van der Waals surface area contributed by atoms with Gasteiger partial charge in [0.2, 0.25) is 5.91 Å². The van der Waals surface area contributed by atoms with Crippen molar-refractivity contribution < 1.29 is 9.59 Å². The summed E-state index contributed by atoms with van der Waals surface area (Å²) in [4.78, 5) is 29.9. The van der Waals surface area contributed by atoms with Gasteiger partial charge in [-0.05, 0) is 36.9 Å². The Hall–Kier alpha value is -2.64. The number of hydrogen-bond donors (Lipinski definition) is 2. The van der Waals surface area contributed by atoms with Crippen molar-refractivity contribution in [2.24, 2.45) is 0 Å². The minimum absolute atomic E-state index is 0.107. The standard InChI is InChI=1S/C20H19N3O2S2/c1-13-5-3-4-6-16(13)19(25)21-11-18(24)23-20-22-17(12-27-20)14-7-9-15(26-2)10-8-14/h3-10,12H,11H2,1-2H3,(H,21,25)(H,22,23,24). The average molecular weight is 398 g/mol. The van der Waals surface area contributed by atoms with E-state index < -0.39 is 0 Å². The van der Waals surface area contributed by atoms with Crippen LogP contribution in [0.1, 0.15) is 15.9 Å². The van der Waals surface area contributed by atoms with Gasteiger partial charge in [-0.2, -0.15) is 0 Å². The van der Waals surface area contributed by atoms with Crippen molar-refractivity contribution in [3.8, 4) is 11.3 Å². The molecule has 0 unspecified atom stereocenters. The Morgan fingerprint density at radius 3 is 2.56 bits per heavy atom. The average Bonchev–Trinajstić information content (AvgIpc) is 3.15. The number of benzene rings is 2. The van der Waals surface area contributed by atoms with Crippen molar-refractivity contribution in [3.05, 3.63) is 65.0 Å². The number of nitrogens with one attached hydrogen (secondary N) is 2. The number of carbonyl (C=O) groups excluding carboxylic acids is 2. The summed E-state index contributed by atoms with van der Waals surface area (Å²) in [5.74, 6) is -0.576. The predicted molar refractivity (Wildman–Crippen MR) is 111 cm³/mol. The molecule has 27 heavy (non-hydrogen) atoms. The van der Waals surface area contributed by atoms with Crippen molar-refractivity contribution in [2.75, 3.05) is 18.1 Å². The molecule has 0 aliphatic carbocycles. The fourth-order valence-corrected chi connectivity index (χ4v) is 3.62. The van der Waals surface area contributed by atoms with Gasteiger partial charge in [0.15, 0.2) is 5.13 Å². The first-order chi connectivity index (χ1) is 13.1. The summed E-state index contributed by atoms with van der Waals surface area (Å²) < 4.78 is 0. The highest BCUT2D eigenvalue weighted by atomic mass is 32.2. The molecule has 0 saturated heterocycles. The molecule has 0 aliphatic rings. The number of nitrogens with zero attached hydrogens (tertiary/aromatic N) is 1. The Balaban J connectivity index is 1.56. The fourth-order valence-electron chi connectivity index (χ4n) is 2.47. The van der Waals surface area contributed by atoms with Crippen LogP contribution in [0, 0.1) is 6.92 Å². The molecule has 0 saturated carbocycles. The lowest BCUT2D eigenvalue weighted by molar-refractivity contribution is -0.115. The molecule has 5 nitrogen and oxygen atoms in total. The van der Waals surface area contributed by atoms with Gasteiger partial charge in [-0.15, -0.1) is 23.1 Å². The summed E-state index contributed by atoms with van der Waals surface area (Å²) in [6.07, 6.45) is 2.03. The van der Waals surface area contributed by atoms with E-state index >= 15 is 0 Å². The van der Waals surface area contributed by atoms with Crippen LogP contribution in [0.3, 0.4) is 0 Å².